The van der Waals surface area contributed by atoms with E-state index in [-0.39, 0.29) is 18.6 Å². The zero-order chi connectivity index (χ0) is 16.1. The second-order valence-corrected chi connectivity index (χ2v) is 6.71. The van der Waals surface area contributed by atoms with Crippen molar-refractivity contribution >= 4 is 12.0 Å². The molecule has 0 atom stereocenters. The molecule has 0 aromatic carbocycles. The van der Waals surface area contributed by atoms with Crippen LogP contribution in [0.1, 0.15) is 44.9 Å². The van der Waals surface area contributed by atoms with Crippen LogP contribution in [0.5, 0.6) is 0 Å². The fourth-order valence-electron chi connectivity index (χ4n) is 3.69. The van der Waals surface area contributed by atoms with Gasteiger partial charge in [0.1, 0.15) is 0 Å². The summed E-state index contributed by atoms with van der Waals surface area (Å²) in [5.74, 6) is -0.793. The van der Waals surface area contributed by atoms with Crippen LogP contribution in [-0.2, 0) is 4.79 Å². The number of likely N-dealkylation sites (N-methyl/N-ethyl adjacent to an activating group) is 1. The van der Waals surface area contributed by atoms with E-state index in [9.17, 15) is 9.59 Å². The first-order valence-electron chi connectivity index (χ1n) is 8.43. The van der Waals surface area contributed by atoms with Crippen LogP contribution in [0.4, 0.5) is 4.79 Å². The molecule has 0 unspecified atom stereocenters. The minimum Gasteiger partial charge on any atom is -0.480 e. The Hall–Kier alpha value is -1.30. The van der Waals surface area contributed by atoms with Crippen molar-refractivity contribution in [2.75, 3.05) is 33.7 Å². The van der Waals surface area contributed by atoms with E-state index in [1.807, 2.05) is 28.8 Å². The number of carbonyl (C=O) groups excluding carboxylic acids is 1. The van der Waals surface area contributed by atoms with Gasteiger partial charge >= 0.3 is 12.0 Å². The molecular weight excluding hydrogens is 282 g/mol. The molecule has 126 valence electrons. The normalized spacial score (nSPS) is 21.1. The number of carbonyl (C=O) groups is 2. The summed E-state index contributed by atoms with van der Waals surface area (Å²) in [5.41, 5.74) is 0. The van der Waals surface area contributed by atoms with Crippen molar-refractivity contribution in [1.29, 1.82) is 0 Å². The SMILES string of the molecule is CN(CC(=O)O)C1CCN(C(=O)N(C)C2CCCCC2)CC1. The highest BCUT2D eigenvalue weighted by atomic mass is 16.4. The van der Waals surface area contributed by atoms with Gasteiger partial charge in [-0.2, -0.15) is 0 Å². The van der Waals surface area contributed by atoms with E-state index in [1.54, 1.807) is 0 Å². The van der Waals surface area contributed by atoms with Gasteiger partial charge in [0, 0.05) is 32.2 Å². The first-order chi connectivity index (χ1) is 10.5. The Morgan fingerprint density at radius 1 is 1.00 bits per heavy atom. The predicted octanol–water partition coefficient (Wildman–Crippen LogP) is 1.85. The smallest absolute Gasteiger partial charge is 0.319 e. The average Bonchev–Trinajstić information content (AvgIpc) is 2.54. The number of aliphatic carboxylic acids is 1. The van der Waals surface area contributed by atoms with Crippen molar-refractivity contribution in [3.8, 4) is 0 Å². The number of rotatable bonds is 4. The summed E-state index contributed by atoms with van der Waals surface area (Å²) in [4.78, 5) is 29.1. The molecule has 1 aliphatic carbocycles. The van der Waals surface area contributed by atoms with Gasteiger partial charge in [-0.05, 0) is 32.7 Å². The van der Waals surface area contributed by atoms with Gasteiger partial charge in [-0.3, -0.25) is 9.69 Å². The van der Waals surface area contributed by atoms with Crippen molar-refractivity contribution in [1.82, 2.24) is 14.7 Å². The van der Waals surface area contributed by atoms with Gasteiger partial charge < -0.3 is 14.9 Å². The number of hydrogen-bond donors (Lipinski definition) is 1. The Morgan fingerprint density at radius 3 is 2.14 bits per heavy atom. The Morgan fingerprint density at radius 2 is 1.59 bits per heavy atom. The molecule has 0 aromatic rings. The van der Waals surface area contributed by atoms with Crippen LogP contribution < -0.4 is 0 Å². The van der Waals surface area contributed by atoms with E-state index in [1.165, 1.54) is 19.3 Å². The number of carboxylic acid groups (broad SMARTS) is 1. The number of amides is 2. The van der Waals surface area contributed by atoms with Crippen LogP contribution in [-0.4, -0.2) is 77.6 Å². The third-order valence-electron chi connectivity index (χ3n) is 5.17. The number of hydrogen-bond acceptors (Lipinski definition) is 3. The number of piperidine rings is 1. The van der Waals surface area contributed by atoms with E-state index < -0.39 is 5.97 Å². The predicted molar refractivity (Wildman–Crippen MR) is 84.9 cm³/mol. The van der Waals surface area contributed by atoms with E-state index in [2.05, 4.69) is 0 Å². The Labute approximate surface area is 133 Å². The maximum Gasteiger partial charge on any atom is 0.319 e. The maximum atomic E-state index is 12.6. The molecule has 1 aliphatic heterocycles. The van der Waals surface area contributed by atoms with Crippen LogP contribution in [0.3, 0.4) is 0 Å². The highest BCUT2D eigenvalue weighted by Crippen LogP contribution is 2.23. The number of nitrogens with zero attached hydrogens (tertiary/aromatic N) is 3. The molecule has 1 N–H and O–H groups in total. The molecule has 0 spiro atoms. The zero-order valence-electron chi connectivity index (χ0n) is 13.8. The van der Waals surface area contributed by atoms with Crippen LogP contribution in [0.25, 0.3) is 0 Å². The van der Waals surface area contributed by atoms with Gasteiger partial charge in [0.05, 0.1) is 6.54 Å². The van der Waals surface area contributed by atoms with Gasteiger partial charge in [-0.1, -0.05) is 19.3 Å². The molecule has 0 aromatic heterocycles. The summed E-state index contributed by atoms with van der Waals surface area (Å²) in [6.45, 7) is 1.52. The lowest BCUT2D eigenvalue weighted by atomic mass is 9.94. The second kappa shape index (κ2) is 7.81. The van der Waals surface area contributed by atoms with Crippen LogP contribution in [0, 0.1) is 0 Å². The van der Waals surface area contributed by atoms with Gasteiger partial charge in [-0.25, -0.2) is 4.79 Å². The summed E-state index contributed by atoms with van der Waals surface area (Å²) in [6.07, 6.45) is 7.71. The molecule has 1 saturated heterocycles. The third kappa shape index (κ3) is 4.35. The Kier molecular flexibility index (Phi) is 6.06. The molecule has 2 fully saturated rings. The summed E-state index contributed by atoms with van der Waals surface area (Å²) in [6, 6.07) is 0.806. The topological polar surface area (TPSA) is 64.1 Å². The van der Waals surface area contributed by atoms with E-state index in [0.717, 1.165) is 38.8 Å². The Bertz CT molecular complexity index is 388. The van der Waals surface area contributed by atoms with Gasteiger partial charge in [0.2, 0.25) is 0 Å². The molecule has 2 amide bonds. The van der Waals surface area contributed by atoms with Gasteiger partial charge in [0.25, 0.3) is 0 Å². The highest BCUT2D eigenvalue weighted by molar-refractivity contribution is 5.74. The molecule has 0 radical (unpaired) electrons. The van der Waals surface area contributed by atoms with Crippen molar-refractivity contribution in [2.45, 2.75) is 57.0 Å². The van der Waals surface area contributed by atoms with E-state index >= 15 is 0 Å². The number of urea groups is 1. The molecule has 1 saturated carbocycles. The first kappa shape index (κ1) is 17.1. The summed E-state index contributed by atoms with van der Waals surface area (Å²) in [5, 5.41) is 8.86. The van der Waals surface area contributed by atoms with Gasteiger partial charge in [-0.15, -0.1) is 0 Å². The lowest BCUT2D eigenvalue weighted by Gasteiger charge is -2.40. The van der Waals surface area contributed by atoms with Crippen molar-refractivity contribution in [2.24, 2.45) is 0 Å². The lowest BCUT2D eigenvalue weighted by Crippen LogP contribution is -2.52. The standard InChI is InChI=1S/C16H29N3O3/c1-17(12-15(20)21)13-8-10-19(11-9-13)16(22)18(2)14-6-4-3-5-7-14/h13-14H,3-12H2,1-2H3,(H,20,21). The monoisotopic (exact) mass is 311 g/mol. The Balaban J connectivity index is 1.80. The van der Waals surface area contributed by atoms with Crippen molar-refractivity contribution in [3.05, 3.63) is 0 Å². The minimum absolute atomic E-state index is 0.0700. The lowest BCUT2D eigenvalue weighted by molar-refractivity contribution is -0.138. The quantitative estimate of drug-likeness (QED) is 0.860. The molecular formula is C16H29N3O3. The molecule has 0 bridgehead atoms. The van der Waals surface area contributed by atoms with Crippen LogP contribution in [0.15, 0.2) is 0 Å². The van der Waals surface area contributed by atoms with E-state index in [4.69, 9.17) is 5.11 Å². The summed E-state index contributed by atoms with van der Waals surface area (Å²) < 4.78 is 0. The molecule has 6 nitrogen and oxygen atoms in total. The first-order valence-corrected chi connectivity index (χ1v) is 8.43. The average molecular weight is 311 g/mol. The van der Waals surface area contributed by atoms with Crippen molar-refractivity contribution in [3.63, 3.8) is 0 Å². The third-order valence-corrected chi connectivity index (χ3v) is 5.17. The summed E-state index contributed by atoms with van der Waals surface area (Å²) in [7, 11) is 3.78. The fourth-order valence-corrected chi connectivity index (χ4v) is 3.69. The van der Waals surface area contributed by atoms with Crippen molar-refractivity contribution < 1.29 is 14.7 Å². The maximum absolute atomic E-state index is 12.6. The molecule has 2 aliphatic rings. The number of likely N-dealkylation sites (tertiary alicyclic amines) is 1. The zero-order valence-corrected chi connectivity index (χ0v) is 13.8. The molecule has 1 heterocycles. The number of carboxylic acids is 1. The van der Waals surface area contributed by atoms with Crippen LogP contribution in [0.2, 0.25) is 0 Å². The fraction of sp³-hybridized carbons (Fsp3) is 0.875. The molecule has 2 rings (SSSR count). The van der Waals surface area contributed by atoms with E-state index in [0.29, 0.717) is 6.04 Å². The minimum atomic E-state index is -0.793. The summed E-state index contributed by atoms with van der Waals surface area (Å²) >= 11 is 0. The largest absolute Gasteiger partial charge is 0.480 e. The van der Waals surface area contributed by atoms with Gasteiger partial charge in [0.15, 0.2) is 0 Å². The molecule has 6 heteroatoms. The highest BCUT2D eigenvalue weighted by Gasteiger charge is 2.30. The van der Waals surface area contributed by atoms with Crippen LogP contribution >= 0.6 is 0 Å². The molecule has 22 heavy (non-hydrogen) atoms. The second-order valence-electron chi connectivity index (χ2n) is 6.71.